The summed E-state index contributed by atoms with van der Waals surface area (Å²) in [6.07, 6.45) is 0.824. The predicted molar refractivity (Wildman–Crippen MR) is 162 cm³/mol. The quantitative estimate of drug-likeness (QED) is 0.346. The standard InChI is InChI=1S/C31H46N4O4.ClH/c1-30(2,3)20-32-18-24(36)19-34-27(37)26(17-21-13-14-22-10-7-8-11-23(22)16-21)35(29(39)31(4,5)6)28(38)25-12-9-15-33-25;/h7-8,10-11,13-14,16,24-26,32-33,36H,9,12,15,17-20H2,1-6H3,(H,34,37);1H/t24-,25-,26+;/m0./s1. The lowest BCUT2D eigenvalue weighted by Crippen LogP contribution is -2.60. The number of hydrogen-bond donors (Lipinski definition) is 4. The number of rotatable bonds is 10. The third kappa shape index (κ3) is 9.54. The minimum absolute atomic E-state index is 0. The van der Waals surface area contributed by atoms with Gasteiger partial charge in [0.15, 0.2) is 0 Å². The van der Waals surface area contributed by atoms with Crippen LogP contribution in [0.4, 0.5) is 0 Å². The van der Waals surface area contributed by atoms with E-state index in [0.29, 0.717) is 19.5 Å². The summed E-state index contributed by atoms with van der Waals surface area (Å²) >= 11 is 0. The zero-order valence-corrected chi connectivity index (χ0v) is 25.6. The van der Waals surface area contributed by atoms with Gasteiger partial charge in [0.2, 0.25) is 17.7 Å². The Balaban J connectivity index is 0.00000560. The first-order chi connectivity index (χ1) is 18.3. The smallest absolute Gasteiger partial charge is 0.247 e. The summed E-state index contributed by atoms with van der Waals surface area (Å²) in [6, 6.07) is 12.3. The number of hydrogen-bond acceptors (Lipinski definition) is 6. The second-order valence-corrected chi connectivity index (χ2v) is 12.9. The molecule has 222 valence electrons. The maximum atomic E-state index is 13.8. The van der Waals surface area contributed by atoms with Crippen LogP contribution in [0.3, 0.4) is 0 Å². The van der Waals surface area contributed by atoms with Crippen molar-refractivity contribution in [3.8, 4) is 0 Å². The number of fused-ring (bicyclic) bond motifs is 1. The van der Waals surface area contributed by atoms with Crippen LogP contribution in [0.1, 0.15) is 59.9 Å². The van der Waals surface area contributed by atoms with Crippen LogP contribution in [0.15, 0.2) is 42.5 Å². The number of aliphatic hydroxyl groups is 1. The van der Waals surface area contributed by atoms with Gasteiger partial charge in [0.1, 0.15) is 6.04 Å². The van der Waals surface area contributed by atoms with Crippen molar-refractivity contribution in [1.29, 1.82) is 0 Å². The number of halogens is 1. The van der Waals surface area contributed by atoms with E-state index in [1.165, 1.54) is 4.90 Å². The molecule has 4 N–H and O–H groups in total. The maximum Gasteiger partial charge on any atom is 0.247 e. The Labute approximate surface area is 245 Å². The largest absolute Gasteiger partial charge is 0.390 e. The molecule has 0 radical (unpaired) electrons. The van der Waals surface area contributed by atoms with E-state index in [1.807, 2.05) is 42.5 Å². The van der Waals surface area contributed by atoms with E-state index < -0.39 is 35.4 Å². The van der Waals surface area contributed by atoms with Crippen molar-refractivity contribution in [1.82, 2.24) is 20.9 Å². The monoisotopic (exact) mass is 574 g/mol. The third-order valence-corrected chi connectivity index (χ3v) is 6.86. The van der Waals surface area contributed by atoms with Gasteiger partial charge in [-0.1, -0.05) is 84.0 Å². The van der Waals surface area contributed by atoms with E-state index in [9.17, 15) is 19.5 Å². The highest BCUT2D eigenvalue weighted by Crippen LogP contribution is 2.25. The molecule has 1 aliphatic rings. The van der Waals surface area contributed by atoms with Gasteiger partial charge in [0, 0.05) is 31.5 Å². The Morgan fingerprint density at radius 3 is 2.30 bits per heavy atom. The Morgan fingerprint density at radius 2 is 1.70 bits per heavy atom. The molecule has 1 heterocycles. The molecule has 8 nitrogen and oxygen atoms in total. The van der Waals surface area contributed by atoms with Crippen LogP contribution in [0.5, 0.6) is 0 Å². The summed E-state index contributed by atoms with van der Waals surface area (Å²) in [5, 5.41) is 21.8. The zero-order valence-electron chi connectivity index (χ0n) is 24.8. The molecule has 0 unspecified atom stereocenters. The minimum atomic E-state index is -1.05. The van der Waals surface area contributed by atoms with Crippen molar-refractivity contribution in [3.05, 3.63) is 48.0 Å². The Bertz CT molecular complexity index is 1150. The number of nitrogens with one attached hydrogen (secondary N) is 3. The summed E-state index contributed by atoms with van der Waals surface area (Å²) in [5.41, 5.74) is 0.0447. The van der Waals surface area contributed by atoms with Crippen molar-refractivity contribution in [2.24, 2.45) is 10.8 Å². The Hall–Kier alpha value is -2.52. The summed E-state index contributed by atoms with van der Waals surface area (Å²) < 4.78 is 0. The van der Waals surface area contributed by atoms with Crippen LogP contribution in [-0.2, 0) is 20.8 Å². The number of carbonyl (C=O) groups is 3. The molecule has 2 aromatic rings. The van der Waals surface area contributed by atoms with Gasteiger partial charge < -0.3 is 21.1 Å². The van der Waals surface area contributed by atoms with Crippen molar-refractivity contribution in [2.75, 3.05) is 26.2 Å². The zero-order chi connectivity index (χ0) is 28.8. The molecule has 0 saturated carbocycles. The number of nitrogens with zero attached hydrogens (tertiary/aromatic N) is 1. The highest BCUT2D eigenvalue weighted by molar-refractivity contribution is 6.04. The number of imide groups is 1. The van der Waals surface area contributed by atoms with Gasteiger partial charge >= 0.3 is 0 Å². The third-order valence-electron chi connectivity index (χ3n) is 6.86. The first-order valence-electron chi connectivity index (χ1n) is 14.0. The molecule has 2 aromatic carbocycles. The van der Waals surface area contributed by atoms with Gasteiger partial charge in [-0.3, -0.25) is 19.3 Å². The van der Waals surface area contributed by atoms with Gasteiger partial charge in [-0.2, -0.15) is 0 Å². The molecule has 1 fully saturated rings. The van der Waals surface area contributed by atoms with Gasteiger partial charge in [-0.15, -0.1) is 12.4 Å². The lowest BCUT2D eigenvalue weighted by Gasteiger charge is -2.35. The first kappa shape index (κ1) is 33.7. The molecule has 3 rings (SSSR count). The topological polar surface area (TPSA) is 111 Å². The Morgan fingerprint density at radius 1 is 1.02 bits per heavy atom. The average molecular weight is 575 g/mol. The molecule has 9 heteroatoms. The minimum Gasteiger partial charge on any atom is -0.390 e. The van der Waals surface area contributed by atoms with E-state index in [1.54, 1.807) is 20.8 Å². The fourth-order valence-electron chi connectivity index (χ4n) is 4.73. The summed E-state index contributed by atoms with van der Waals surface area (Å²) in [7, 11) is 0. The lowest BCUT2D eigenvalue weighted by atomic mass is 9.91. The summed E-state index contributed by atoms with van der Waals surface area (Å²) in [4.78, 5) is 42.4. The SMILES string of the molecule is CC(C)(C)CNC[C@H](O)CNC(=O)[C@@H](Cc1ccc2ccccc2c1)N(C(=O)[C@@H]1CCCN1)C(=O)C(C)(C)C.Cl. The molecule has 1 aliphatic heterocycles. The molecule has 3 atom stereocenters. The van der Waals surface area contributed by atoms with Gasteiger partial charge in [0.05, 0.1) is 12.1 Å². The summed E-state index contributed by atoms with van der Waals surface area (Å²) in [6.45, 7) is 13.3. The van der Waals surface area contributed by atoms with Crippen LogP contribution in [0, 0.1) is 10.8 Å². The van der Waals surface area contributed by atoms with Gasteiger partial charge in [0.25, 0.3) is 0 Å². The number of aliphatic hydroxyl groups excluding tert-OH is 1. The molecule has 1 saturated heterocycles. The highest BCUT2D eigenvalue weighted by atomic mass is 35.5. The van der Waals surface area contributed by atoms with Crippen molar-refractivity contribution in [2.45, 2.75) is 79.0 Å². The van der Waals surface area contributed by atoms with Gasteiger partial charge in [-0.05, 0) is 41.1 Å². The second-order valence-electron chi connectivity index (χ2n) is 12.9. The van der Waals surface area contributed by atoms with Crippen molar-refractivity contribution in [3.63, 3.8) is 0 Å². The van der Waals surface area contributed by atoms with E-state index in [0.717, 1.165) is 29.3 Å². The molecule has 0 bridgehead atoms. The highest BCUT2D eigenvalue weighted by Gasteiger charge is 2.42. The fourth-order valence-corrected chi connectivity index (χ4v) is 4.73. The van der Waals surface area contributed by atoms with Crippen LogP contribution >= 0.6 is 12.4 Å². The van der Waals surface area contributed by atoms with Crippen LogP contribution in [-0.4, -0.2) is 72.1 Å². The molecule has 0 aliphatic carbocycles. The molecule has 40 heavy (non-hydrogen) atoms. The number of benzene rings is 2. The van der Waals surface area contributed by atoms with Crippen LogP contribution < -0.4 is 16.0 Å². The van der Waals surface area contributed by atoms with E-state index in [2.05, 4.69) is 36.7 Å². The number of amides is 3. The first-order valence-corrected chi connectivity index (χ1v) is 14.0. The lowest BCUT2D eigenvalue weighted by molar-refractivity contribution is -0.157. The van der Waals surface area contributed by atoms with E-state index in [4.69, 9.17) is 0 Å². The van der Waals surface area contributed by atoms with Crippen LogP contribution in [0.25, 0.3) is 10.8 Å². The second kappa shape index (κ2) is 14.4. The number of carbonyl (C=O) groups excluding carboxylic acids is 3. The molecule has 3 amide bonds. The Kier molecular flexibility index (Phi) is 12.1. The van der Waals surface area contributed by atoms with Crippen LogP contribution in [0.2, 0.25) is 0 Å². The molecule has 0 aromatic heterocycles. The molecular weight excluding hydrogens is 528 g/mol. The molecular formula is C31H47ClN4O4. The average Bonchev–Trinajstić information content (AvgIpc) is 3.40. The predicted octanol–water partition coefficient (Wildman–Crippen LogP) is 3.44. The van der Waals surface area contributed by atoms with E-state index >= 15 is 0 Å². The fraction of sp³-hybridized carbons (Fsp3) is 0.581. The van der Waals surface area contributed by atoms with Crippen molar-refractivity contribution < 1.29 is 19.5 Å². The van der Waals surface area contributed by atoms with E-state index in [-0.39, 0.29) is 36.7 Å². The normalized spacial score (nSPS) is 17.1. The molecule has 0 spiro atoms. The van der Waals surface area contributed by atoms with Crippen molar-refractivity contribution >= 4 is 40.9 Å². The summed E-state index contributed by atoms with van der Waals surface area (Å²) in [5.74, 6) is -1.22. The van der Waals surface area contributed by atoms with Gasteiger partial charge in [-0.25, -0.2) is 0 Å². The maximum absolute atomic E-state index is 13.8.